The molecule has 2 heterocycles. The number of carbonyl (C=O) groups is 1. The second-order valence-corrected chi connectivity index (χ2v) is 5.22. The molecule has 7 heteroatoms. The number of nitrogens with one attached hydrogen (secondary N) is 1. The van der Waals surface area contributed by atoms with Crippen LogP contribution in [-0.4, -0.2) is 30.1 Å². The molecule has 0 saturated carbocycles. The smallest absolute Gasteiger partial charge is 0.364 e. The van der Waals surface area contributed by atoms with Crippen molar-refractivity contribution in [3.05, 3.63) is 41.2 Å². The number of halogens is 3. The number of rotatable bonds is 2. The van der Waals surface area contributed by atoms with Crippen molar-refractivity contribution in [2.45, 2.75) is 18.5 Å². The van der Waals surface area contributed by atoms with Gasteiger partial charge in [-0.05, 0) is 18.1 Å². The van der Waals surface area contributed by atoms with Crippen molar-refractivity contribution in [2.24, 2.45) is 5.73 Å². The van der Waals surface area contributed by atoms with Gasteiger partial charge in [0.2, 0.25) is 0 Å². The molecule has 1 amide bonds. The van der Waals surface area contributed by atoms with E-state index in [9.17, 15) is 18.0 Å². The Bertz CT molecular complexity index is 624. The van der Waals surface area contributed by atoms with E-state index >= 15 is 0 Å². The van der Waals surface area contributed by atoms with Gasteiger partial charge in [0.1, 0.15) is 12.2 Å². The van der Waals surface area contributed by atoms with Gasteiger partial charge in [-0.2, -0.15) is 13.2 Å². The number of anilines is 1. The molecule has 1 unspecified atom stereocenters. The standard InChI is InChI=1S/C14H14F3N3O/c15-14(16,17)7-20-6-5-9-8-3-1-2-4-10(8)19-11(9)12(20)13(18)21/h1-4,9,19H,5-7H2,(H2,18,21). The maximum absolute atomic E-state index is 12.6. The number of nitrogens with zero attached hydrogens (tertiary/aromatic N) is 1. The highest BCUT2D eigenvalue weighted by atomic mass is 19.4. The highest BCUT2D eigenvalue weighted by molar-refractivity contribution is 5.94. The molecular weight excluding hydrogens is 283 g/mol. The van der Waals surface area contributed by atoms with Gasteiger partial charge in [0, 0.05) is 18.2 Å². The summed E-state index contributed by atoms with van der Waals surface area (Å²) in [5.41, 5.74) is 7.57. The van der Waals surface area contributed by atoms with E-state index in [0.29, 0.717) is 12.1 Å². The van der Waals surface area contributed by atoms with E-state index in [4.69, 9.17) is 5.73 Å². The number of carbonyl (C=O) groups excluding carboxylic acids is 1. The molecule has 0 radical (unpaired) electrons. The topological polar surface area (TPSA) is 58.4 Å². The van der Waals surface area contributed by atoms with Crippen LogP contribution in [0, 0.1) is 0 Å². The lowest BCUT2D eigenvalue weighted by molar-refractivity contribution is -0.144. The fourth-order valence-corrected chi connectivity index (χ4v) is 3.06. The van der Waals surface area contributed by atoms with Gasteiger partial charge in [0.05, 0.1) is 5.70 Å². The number of hydrogen-bond donors (Lipinski definition) is 2. The lowest BCUT2D eigenvalue weighted by atomic mass is 9.90. The number of allylic oxidation sites excluding steroid dienone is 1. The molecule has 2 aliphatic rings. The van der Waals surface area contributed by atoms with Crippen molar-refractivity contribution in [1.82, 2.24) is 4.90 Å². The molecule has 1 atom stereocenters. The lowest BCUT2D eigenvalue weighted by Crippen LogP contribution is -2.43. The first-order valence-electron chi connectivity index (χ1n) is 6.58. The summed E-state index contributed by atoms with van der Waals surface area (Å²) < 4.78 is 37.9. The minimum atomic E-state index is -4.38. The number of benzene rings is 1. The average molecular weight is 297 g/mol. The van der Waals surface area contributed by atoms with E-state index in [1.807, 2.05) is 24.3 Å². The van der Waals surface area contributed by atoms with Crippen LogP contribution >= 0.6 is 0 Å². The Morgan fingerprint density at radius 3 is 2.76 bits per heavy atom. The van der Waals surface area contributed by atoms with Crippen molar-refractivity contribution in [3.63, 3.8) is 0 Å². The Kier molecular flexibility index (Phi) is 3.07. The van der Waals surface area contributed by atoms with Crippen molar-refractivity contribution in [3.8, 4) is 0 Å². The summed E-state index contributed by atoms with van der Waals surface area (Å²) >= 11 is 0. The molecule has 2 aliphatic heterocycles. The highest BCUT2D eigenvalue weighted by Crippen LogP contribution is 2.45. The average Bonchev–Trinajstić information content (AvgIpc) is 2.74. The highest BCUT2D eigenvalue weighted by Gasteiger charge is 2.40. The van der Waals surface area contributed by atoms with Gasteiger partial charge in [-0.3, -0.25) is 4.79 Å². The molecule has 0 spiro atoms. The SMILES string of the molecule is NC(=O)C1=C2Nc3ccccc3C2CCN1CC(F)(F)F. The van der Waals surface area contributed by atoms with Crippen LogP contribution in [-0.2, 0) is 4.79 Å². The van der Waals surface area contributed by atoms with E-state index in [0.717, 1.165) is 16.2 Å². The number of nitrogens with two attached hydrogens (primary N) is 1. The minimum Gasteiger partial charge on any atom is -0.364 e. The molecule has 0 aromatic heterocycles. The molecule has 1 aromatic rings. The summed E-state index contributed by atoms with van der Waals surface area (Å²) in [6, 6.07) is 7.46. The predicted octanol–water partition coefficient (Wildman–Crippen LogP) is 2.16. The Morgan fingerprint density at radius 2 is 2.10 bits per heavy atom. The Hall–Kier alpha value is -2.18. The van der Waals surface area contributed by atoms with Crippen LogP contribution < -0.4 is 11.1 Å². The molecule has 1 aromatic carbocycles. The molecule has 112 valence electrons. The third-order valence-electron chi connectivity index (χ3n) is 3.82. The second-order valence-electron chi connectivity index (χ2n) is 5.22. The zero-order valence-corrected chi connectivity index (χ0v) is 11.1. The third-order valence-corrected chi connectivity index (χ3v) is 3.82. The fraction of sp³-hybridized carbons (Fsp3) is 0.357. The van der Waals surface area contributed by atoms with Crippen LogP contribution in [0.3, 0.4) is 0 Å². The van der Waals surface area contributed by atoms with Crippen LogP contribution in [0.1, 0.15) is 17.9 Å². The van der Waals surface area contributed by atoms with Gasteiger partial charge in [-0.25, -0.2) is 0 Å². The van der Waals surface area contributed by atoms with Gasteiger partial charge >= 0.3 is 6.18 Å². The van der Waals surface area contributed by atoms with Crippen molar-refractivity contribution in [1.29, 1.82) is 0 Å². The molecule has 0 bridgehead atoms. The molecule has 0 saturated heterocycles. The monoisotopic (exact) mass is 297 g/mol. The molecule has 3 N–H and O–H groups in total. The second kappa shape index (κ2) is 4.68. The summed E-state index contributed by atoms with van der Waals surface area (Å²) in [6.07, 6.45) is -3.86. The van der Waals surface area contributed by atoms with Crippen LogP contribution in [0.15, 0.2) is 35.7 Å². The summed E-state index contributed by atoms with van der Waals surface area (Å²) in [5, 5.41) is 3.05. The maximum Gasteiger partial charge on any atom is 0.405 e. The summed E-state index contributed by atoms with van der Waals surface area (Å²) in [6.45, 7) is -1.01. The van der Waals surface area contributed by atoms with Crippen LogP contribution in [0.5, 0.6) is 0 Å². The van der Waals surface area contributed by atoms with Gasteiger partial charge in [-0.15, -0.1) is 0 Å². The van der Waals surface area contributed by atoms with E-state index in [-0.39, 0.29) is 18.2 Å². The largest absolute Gasteiger partial charge is 0.405 e. The van der Waals surface area contributed by atoms with Crippen LogP contribution in [0.2, 0.25) is 0 Å². The lowest BCUT2D eigenvalue weighted by Gasteiger charge is -2.34. The van der Waals surface area contributed by atoms with Gasteiger partial charge in [0.25, 0.3) is 5.91 Å². The number of amides is 1. The predicted molar refractivity (Wildman–Crippen MR) is 71.3 cm³/mol. The first kappa shape index (κ1) is 13.8. The van der Waals surface area contributed by atoms with E-state index in [1.165, 1.54) is 0 Å². The van der Waals surface area contributed by atoms with Crippen molar-refractivity contribution in [2.75, 3.05) is 18.4 Å². The van der Waals surface area contributed by atoms with Crippen molar-refractivity contribution >= 4 is 11.6 Å². The normalized spacial score (nSPS) is 20.9. The van der Waals surface area contributed by atoms with Gasteiger partial charge in [-0.1, -0.05) is 18.2 Å². The fourth-order valence-electron chi connectivity index (χ4n) is 3.06. The first-order valence-corrected chi connectivity index (χ1v) is 6.58. The summed E-state index contributed by atoms with van der Waals surface area (Å²) in [5.74, 6) is -0.924. The quantitative estimate of drug-likeness (QED) is 0.879. The molecule has 4 nitrogen and oxygen atoms in total. The summed E-state index contributed by atoms with van der Waals surface area (Å²) in [4.78, 5) is 12.7. The van der Waals surface area contributed by atoms with Crippen molar-refractivity contribution < 1.29 is 18.0 Å². The Labute approximate surface area is 119 Å². The zero-order valence-electron chi connectivity index (χ0n) is 11.1. The number of hydrogen-bond acceptors (Lipinski definition) is 3. The molecule has 0 aliphatic carbocycles. The molecular formula is C14H14F3N3O. The molecule has 21 heavy (non-hydrogen) atoms. The number of fused-ring (bicyclic) bond motifs is 3. The minimum absolute atomic E-state index is 0.0558. The van der Waals surface area contributed by atoms with Crippen LogP contribution in [0.4, 0.5) is 18.9 Å². The van der Waals surface area contributed by atoms with Gasteiger partial charge in [0.15, 0.2) is 0 Å². The zero-order chi connectivity index (χ0) is 15.2. The molecule has 0 fully saturated rings. The maximum atomic E-state index is 12.6. The number of para-hydroxylation sites is 1. The Balaban J connectivity index is 2.02. The van der Waals surface area contributed by atoms with E-state index in [1.54, 1.807) is 0 Å². The number of alkyl halides is 3. The van der Waals surface area contributed by atoms with Crippen LogP contribution in [0.25, 0.3) is 0 Å². The Morgan fingerprint density at radius 1 is 1.38 bits per heavy atom. The number of primary amides is 1. The molecule has 3 rings (SSSR count). The van der Waals surface area contributed by atoms with Gasteiger partial charge < -0.3 is 16.0 Å². The van der Waals surface area contributed by atoms with E-state index < -0.39 is 18.6 Å². The first-order chi connectivity index (χ1) is 9.87. The van der Waals surface area contributed by atoms with E-state index in [2.05, 4.69) is 5.32 Å². The third kappa shape index (κ3) is 2.43. The summed E-state index contributed by atoms with van der Waals surface area (Å²) in [7, 11) is 0.